The van der Waals surface area contributed by atoms with Gasteiger partial charge in [-0.2, -0.15) is 5.10 Å². The predicted molar refractivity (Wildman–Crippen MR) is 88.7 cm³/mol. The molecular formula is C18H22N2O. The Hall–Kier alpha value is -2.16. The van der Waals surface area contributed by atoms with Gasteiger partial charge in [0, 0.05) is 11.8 Å². The van der Waals surface area contributed by atoms with E-state index < -0.39 is 0 Å². The van der Waals surface area contributed by atoms with Gasteiger partial charge in [-0.1, -0.05) is 62.6 Å². The minimum Gasteiger partial charge on any atom is -0.267 e. The highest BCUT2D eigenvalue weighted by Crippen LogP contribution is 2.18. The summed E-state index contributed by atoms with van der Waals surface area (Å²) in [5, 5.41) is 6.05. The molecule has 2 aromatic rings. The number of hydrogen-bond donors (Lipinski definition) is 1. The molecule has 0 atom stereocenters. The van der Waals surface area contributed by atoms with Crippen LogP contribution in [0, 0.1) is 0 Å². The number of carbonyl (C=O) groups is 1. The Morgan fingerprint density at radius 3 is 2.76 bits per heavy atom. The van der Waals surface area contributed by atoms with Gasteiger partial charge < -0.3 is 0 Å². The van der Waals surface area contributed by atoms with Crippen LogP contribution in [-0.4, -0.2) is 12.1 Å². The van der Waals surface area contributed by atoms with E-state index in [2.05, 4.69) is 17.5 Å². The van der Waals surface area contributed by atoms with E-state index in [4.69, 9.17) is 0 Å². The van der Waals surface area contributed by atoms with E-state index in [0.29, 0.717) is 5.56 Å². The van der Waals surface area contributed by atoms with Gasteiger partial charge in [0.05, 0.1) is 0 Å². The summed E-state index contributed by atoms with van der Waals surface area (Å²) in [5.41, 5.74) is 3.28. The molecule has 110 valence electrons. The normalized spacial score (nSPS) is 11.1. The Kier molecular flexibility index (Phi) is 5.95. The molecule has 3 heteroatoms. The lowest BCUT2D eigenvalue weighted by Crippen LogP contribution is -2.17. The lowest BCUT2D eigenvalue weighted by molar-refractivity contribution is 0.0956. The Morgan fingerprint density at radius 1 is 1.10 bits per heavy atom. The Bertz CT molecular complexity index is 614. The van der Waals surface area contributed by atoms with Crippen molar-refractivity contribution in [2.24, 2.45) is 5.10 Å². The second kappa shape index (κ2) is 8.20. The average molecular weight is 282 g/mol. The molecule has 21 heavy (non-hydrogen) atoms. The molecule has 0 saturated carbocycles. The van der Waals surface area contributed by atoms with Crippen LogP contribution in [0.4, 0.5) is 0 Å². The molecule has 0 radical (unpaired) electrons. The molecule has 0 aromatic heterocycles. The summed E-state index contributed by atoms with van der Waals surface area (Å²) >= 11 is 0. The maximum absolute atomic E-state index is 12.2. The molecule has 1 amide bonds. The molecule has 0 aliphatic carbocycles. The molecule has 0 heterocycles. The van der Waals surface area contributed by atoms with Crippen molar-refractivity contribution in [3.05, 3.63) is 48.0 Å². The van der Waals surface area contributed by atoms with Crippen LogP contribution in [-0.2, 0) is 0 Å². The second-order valence-corrected chi connectivity index (χ2v) is 5.13. The van der Waals surface area contributed by atoms with Gasteiger partial charge in [-0.05, 0) is 29.7 Å². The number of hydrogen-bond acceptors (Lipinski definition) is 2. The summed E-state index contributed by atoms with van der Waals surface area (Å²) in [4.78, 5) is 12.2. The fourth-order valence-corrected chi connectivity index (χ4v) is 2.31. The van der Waals surface area contributed by atoms with Crippen LogP contribution in [0.25, 0.3) is 10.8 Å². The standard InChI is InChI=1S/C18H22N2O/c1-2-3-4-5-8-14-19-20-18(21)17-13-9-11-15-10-6-7-12-16(15)17/h6-7,9-14H,2-5,8H2,1H3,(H,20,21)/b19-14-. The zero-order chi connectivity index (χ0) is 14.9. The van der Waals surface area contributed by atoms with Gasteiger partial charge >= 0.3 is 0 Å². The van der Waals surface area contributed by atoms with Gasteiger partial charge in [-0.15, -0.1) is 0 Å². The maximum Gasteiger partial charge on any atom is 0.271 e. The first-order valence-corrected chi connectivity index (χ1v) is 7.62. The van der Waals surface area contributed by atoms with E-state index in [1.54, 1.807) is 6.21 Å². The minimum absolute atomic E-state index is 0.156. The monoisotopic (exact) mass is 282 g/mol. The third-order valence-corrected chi connectivity index (χ3v) is 3.48. The van der Waals surface area contributed by atoms with Crippen LogP contribution >= 0.6 is 0 Å². The fourth-order valence-electron chi connectivity index (χ4n) is 2.31. The van der Waals surface area contributed by atoms with Crippen molar-refractivity contribution in [1.82, 2.24) is 5.43 Å². The fraction of sp³-hybridized carbons (Fsp3) is 0.333. The first-order chi connectivity index (χ1) is 10.3. The zero-order valence-electron chi connectivity index (χ0n) is 12.5. The number of benzene rings is 2. The zero-order valence-corrected chi connectivity index (χ0v) is 12.5. The summed E-state index contributed by atoms with van der Waals surface area (Å²) in [6.07, 6.45) is 7.54. The Morgan fingerprint density at radius 2 is 1.90 bits per heavy atom. The molecule has 0 spiro atoms. The number of fused-ring (bicyclic) bond motifs is 1. The van der Waals surface area contributed by atoms with Crippen molar-refractivity contribution >= 4 is 22.9 Å². The quantitative estimate of drug-likeness (QED) is 0.452. The van der Waals surface area contributed by atoms with Crippen molar-refractivity contribution in [2.45, 2.75) is 39.0 Å². The van der Waals surface area contributed by atoms with Crippen LogP contribution in [0.3, 0.4) is 0 Å². The summed E-state index contributed by atoms with van der Waals surface area (Å²) in [5.74, 6) is -0.156. The molecule has 0 aliphatic heterocycles. The van der Waals surface area contributed by atoms with E-state index in [9.17, 15) is 4.79 Å². The third-order valence-electron chi connectivity index (χ3n) is 3.48. The summed E-state index contributed by atoms with van der Waals surface area (Å²) in [6, 6.07) is 13.6. The van der Waals surface area contributed by atoms with Crippen molar-refractivity contribution in [2.75, 3.05) is 0 Å². The SMILES string of the molecule is CCCCCC/C=N\NC(=O)c1cccc2ccccc12. The van der Waals surface area contributed by atoms with Gasteiger partial charge in [0.1, 0.15) is 0 Å². The van der Waals surface area contributed by atoms with Crippen molar-refractivity contribution in [1.29, 1.82) is 0 Å². The molecule has 0 unspecified atom stereocenters. The number of amides is 1. The average Bonchev–Trinajstić information content (AvgIpc) is 2.53. The van der Waals surface area contributed by atoms with Crippen molar-refractivity contribution in [3.8, 4) is 0 Å². The van der Waals surface area contributed by atoms with Gasteiger partial charge in [0.15, 0.2) is 0 Å². The van der Waals surface area contributed by atoms with Crippen LogP contribution in [0.5, 0.6) is 0 Å². The minimum atomic E-state index is -0.156. The van der Waals surface area contributed by atoms with Gasteiger partial charge in [0.25, 0.3) is 5.91 Å². The number of carbonyl (C=O) groups excluding carboxylic acids is 1. The van der Waals surface area contributed by atoms with E-state index in [-0.39, 0.29) is 5.91 Å². The van der Waals surface area contributed by atoms with E-state index >= 15 is 0 Å². The molecule has 1 N–H and O–H groups in total. The number of rotatable bonds is 7. The molecule has 0 fully saturated rings. The number of unbranched alkanes of at least 4 members (excludes halogenated alkanes) is 4. The molecule has 2 rings (SSSR count). The van der Waals surface area contributed by atoms with Gasteiger partial charge in [0.2, 0.25) is 0 Å². The van der Waals surface area contributed by atoms with Crippen LogP contribution in [0.2, 0.25) is 0 Å². The molecule has 3 nitrogen and oxygen atoms in total. The van der Waals surface area contributed by atoms with Gasteiger partial charge in [-0.3, -0.25) is 4.79 Å². The predicted octanol–water partition coefficient (Wildman–Crippen LogP) is 4.53. The number of hydrazone groups is 1. The first-order valence-electron chi connectivity index (χ1n) is 7.62. The summed E-state index contributed by atoms with van der Waals surface area (Å²) in [7, 11) is 0. The highest BCUT2D eigenvalue weighted by Gasteiger charge is 2.07. The molecule has 0 aliphatic rings. The summed E-state index contributed by atoms with van der Waals surface area (Å²) in [6.45, 7) is 2.19. The molecule has 0 bridgehead atoms. The maximum atomic E-state index is 12.2. The Labute approximate surface area is 126 Å². The van der Waals surface area contributed by atoms with Crippen molar-refractivity contribution in [3.63, 3.8) is 0 Å². The third kappa shape index (κ3) is 4.42. The highest BCUT2D eigenvalue weighted by molar-refractivity contribution is 6.07. The lowest BCUT2D eigenvalue weighted by Gasteiger charge is -2.04. The topological polar surface area (TPSA) is 41.5 Å². The molecule has 0 saturated heterocycles. The van der Waals surface area contributed by atoms with Crippen molar-refractivity contribution < 1.29 is 4.79 Å². The Balaban J connectivity index is 1.92. The number of nitrogens with one attached hydrogen (secondary N) is 1. The summed E-state index contributed by atoms with van der Waals surface area (Å²) < 4.78 is 0. The van der Waals surface area contributed by atoms with E-state index in [1.165, 1.54) is 19.3 Å². The lowest BCUT2D eigenvalue weighted by atomic mass is 10.0. The van der Waals surface area contributed by atoms with Gasteiger partial charge in [-0.25, -0.2) is 5.43 Å². The van der Waals surface area contributed by atoms with Crippen LogP contribution < -0.4 is 5.43 Å². The first kappa shape index (κ1) is 15.2. The molecular weight excluding hydrogens is 260 g/mol. The largest absolute Gasteiger partial charge is 0.271 e. The van der Waals surface area contributed by atoms with E-state index in [0.717, 1.165) is 23.6 Å². The van der Waals surface area contributed by atoms with Crippen LogP contribution in [0.15, 0.2) is 47.6 Å². The smallest absolute Gasteiger partial charge is 0.267 e. The highest BCUT2D eigenvalue weighted by atomic mass is 16.2. The number of nitrogens with zero attached hydrogens (tertiary/aromatic N) is 1. The second-order valence-electron chi connectivity index (χ2n) is 5.13. The molecule has 2 aromatic carbocycles. The van der Waals surface area contributed by atoms with E-state index in [1.807, 2.05) is 42.5 Å². The van der Waals surface area contributed by atoms with Crippen LogP contribution in [0.1, 0.15) is 49.4 Å².